The summed E-state index contributed by atoms with van der Waals surface area (Å²) in [6.45, 7) is 0.175. The van der Waals surface area contributed by atoms with Crippen LogP contribution in [0.5, 0.6) is 0 Å². The van der Waals surface area contributed by atoms with Gasteiger partial charge in [-0.2, -0.15) is 5.10 Å². The molecule has 0 unspecified atom stereocenters. The van der Waals surface area contributed by atoms with Gasteiger partial charge in [0.25, 0.3) is 5.91 Å². The monoisotopic (exact) mass is 347 g/mol. The Morgan fingerprint density at radius 1 is 1.08 bits per heavy atom. The van der Waals surface area contributed by atoms with Crippen LogP contribution in [0.25, 0.3) is 5.65 Å². The zero-order valence-electron chi connectivity index (χ0n) is 14.1. The van der Waals surface area contributed by atoms with E-state index in [1.165, 1.54) is 16.8 Å². The number of nitrogens with zero attached hydrogens (tertiary/aromatic N) is 4. The molecule has 1 spiro atoms. The molecule has 3 amide bonds. The lowest BCUT2D eigenvalue weighted by Crippen LogP contribution is -2.51. The molecule has 0 radical (unpaired) electrons. The van der Waals surface area contributed by atoms with Crippen molar-refractivity contribution in [1.82, 2.24) is 24.8 Å². The Morgan fingerprint density at radius 2 is 1.92 bits per heavy atom. The first kappa shape index (κ1) is 15.1. The van der Waals surface area contributed by atoms with Crippen molar-refractivity contribution in [2.24, 2.45) is 0 Å². The molecule has 7 nitrogen and oxygen atoms in total. The SMILES string of the molecule is O=C1N[C@]2(CCc3ccccc3C2)C(=O)N1Cc1cccc2ncnn12. The van der Waals surface area contributed by atoms with Crippen molar-refractivity contribution in [1.29, 1.82) is 0 Å². The number of pyridine rings is 1. The van der Waals surface area contributed by atoms with Crippen LogP contribution in [-0.4, -0.2) is 37.0 Å². The third-order valence-electron chi connectivity index (χ3n) is 5.38. The highest BCUT2D eigenvalue weighted by Crippen LogP contribution is 2.34. The lowest BCUT2D eigenvalue weighted by atomic mass is 9.78. The first-order valence-corrected chi connectivity index (χ1v) is 8.65. The Labute approximate surface area is 149 Å². The quantitative estimate of drug-likeness (QED) is 0.716. The van der Waals surface area contributed by atoms with E-state index in [4.69, 9.17) is 0 Å². The number of hydrogen-bond acceptors (Lipinski definition) is 4. The molecular weight excluding hydrogens is 330 g/mol. The van der Waals surface area contributed by atoms with E-state index in [0.717, 1.165) is 17.7 Å². The van der Waals surface area contributed by atoms with Crippen molar-refractivity contribution in [3.05, 3.63) is 65.6 Å². The standard InChI is InChI=1S/C19H17N5O2/c25-17-19(9-8-13-4-1-2-5-14(13)10-19)22-18(26)23(17)11-15-6-3-7-16-20-12-21-24(15)16/h1-7,12H,8-11H2,(H,22,26)/t19-/m0/s1. The van der Waals surface area contributed by atoms with Crippen LogP contribution >= 0.6 is 0 Å². The fraction of sp³-hybridized carbons (Fsp3) is 0.263. The average Bonchev–Trinajstić information content (AvgIpc) is 3.22. The maximum atomic E-state index is 13.2. The Bertz CT molecular complexity index is 1040. The van der Waals surface area contributed by atoms with Gasteiger partial charge in [-0.1, -0.05) is 30.3 Å². The van der Waals surface area contributed by atoms with Gasteiger partial charge in [0.2, 0.25) is 0 Å². The number of nitrogens with one attached hydrogen (secondary N) is 1. The Hall–Kier alpha value is -3.22. The van der Waals surface area contributed by atoms with E-state index >= 15 is 0 Å². The third-order valence-corrected chi connectivity index (χ3v) is 5.38. The summed E-state index contributed by atoms with van der Waals surface area (Å²) in [5.74, 6) is -0.158. The molecule has 3 heterocycles. The highest BCUT2D eigenvalue weighted by atomic mass is 16.2. The van der Waals surface area contributed by atoms with E-state index < -0.39 is 5.54 Å². The van der Waals surface area contributed by atoms with Crippen LogP contribution in [0.3, 0.4) is 0 Å². The Morgan fingerprint density at radius 3 is 2.81 bits per heavy atom. The van der Waals surface area contributed by atoms with Gasteiger partial charge in [-0.25, -0.2) is 14.3 Å². The van der Waals surface area contributed by atoms with Crippen LogP contribution in [0.1, 0.15) is 23.2 Å². The third kappa shape index (κ3) is 2.13. The van der Waals surface area contributed by atoms with E-state index in [-0.39, 0.29) is 18.5 Å². The van der Waals surface area contributed by atoms with Crippen LogP contribution in [0, 0.1) is 0 Å². The lowest BCUT2D eigenvalue weighted by molar-refractivity contribution is -0.132. The second-order valence-electron chi connectivity index (χ2n) is 6.90. The zero-order chi connectivity index (χ0) is 17.7. The number of benzene rings is 1. The summed E-state index contributed by atoms with van der Waals surface area (Å²) in [5, 5.41) is 7.14. The van der Waals surface area contributed by atoms with Crippen molar-refractivity contribution in [3.63, 3.8) is 0 Å². The molecule has 1 saturated heterocycles. The normalized spacial score (nSPS) is 22.1. The largest absolute Gasteiger partial charge is 0.325 e. The van der Waals surface area contributed by atoms with Crippen molar-refractivity contribution < 1.29 is 9.59 Å². The van der Waals surface area contributed by atoms with Gasteiger partial charge in [0.1, 0.15) is 11.9 Å². The molecule has 2 aliphatic rings. The number of imide groups is 1. The summed E-state index contributed by atoms with van der Waals surface area (Å²) in [5.41, 5.74) is 2.99. The number of hydrogen-bond donors (Lipinski definition) is 1. The smallest absolute Gasteiger partial charge is 0.323 e. The van der Waals surface area contributed by atoms with Crippen molar-refractivity contribution in [3.8, 4) is 0 Å². The second kappa shape index (κ2) is 5.39. The number of urea groups is 1. The van der Waals surface area contributed by atoms with Gasteiger partial charge in [-0.3, -0.25) is 9.69 Å². The highest BCUT2D eigenvalue weighted by Gasteiger charge is 2.52. The van der Waals surface area contributed by atoms with Crippen molar-refractivity contribution in [2.45, 2.75) is 31.3 Å². The predicted octanol–water partition coefficient (Wildman–Crippen LogP) is 1.71. The highest BCUT2D eigenvalue weighted by molar-refractivity contribution is 6.07. The van der Waals surface area contributed by atoms with Crippen LogP contribution in [-0.2, 0) is 24.2 Å². The molecule has 130 valence electrons. The maximum absolute atomic E-state index is 13.2. The van der Waals surface area contributed by atoms with Gasteiger partial charge in [-0.15, -0.1) is 0 Å². The topological polar surface area (TPSA) is 79.6 Å². The summed E-state index contributed by atoms with van der Waals surface area (Å²) in [6, 6.07) is 13.3. The second-order valence-corrected chi connectivity index (χ2v) is 6.90. The fourth-order valence-electron chi connectivity index (χ4n) is 4.03. The zero-order valence-corrected chi connectivity index (χ0v) is 14.1. The Balaban J connectivity index is 1.46. The minimum absolute atomic E-state index is 0.158. The minimum Gasteiger partial charge on any atom is -0.323 e. The molecule has 7 heteroatoms. The molecule has 1 atom stereocenters. The van der Waals surface area contributed by atoms with Gasteiger partial charge >= 0.3 is 6.03 Å². The Kier molecular flexibility index (Phi) is 3.12. The van der Waals surface area contributed by atoms with Crippen LogP contribution in [0.4, 0.5) is 4.79 Å². The summed E-state index contributed by atoms with van der Waals surface area (Å²) >= 11 is 0. The van der Waals surface area contributed by atoms with Gasteiger partial charge in [0.05, 0.1) is 12.2 Å². The van der Waals surface area contributed by atoms with E-state index in [1.807, 2.05) is 36.4 Å². The van der Waals surface area contributed by atoms with Gasteiger partial charge in [0, 0.05) is 6.42 Å². The lowest BCUT2D eigenvalue weighted by Gasteiger charge is -2.32. The number of amides is 3. The summed E-state index contributed by atoms with van der Waals surface area (Å²) in [7, 11) is 0. The summed E-state index contributed by atoms with van der Waals surface area (Å²) in [6.07, 6.45) is 3.41. The molecular formula is C19H17N5O2. The van der Waals surface area contributed by atoms with Gasteiger partial charge in [0.15, 0.2) is 5.65 Å². The minimum atomic E-state index is -0.832. The first-order valence-electron chi connectivity index (χ1n) is 8.65. The molecule has 0 saturated carbocycles. The van der Waals surface area contributed by atoms with E-state index in [0.29, 0.717) is 18.5 Å². The van der Waals surface area contributed by atoms with Gasteiger partial charge < -0.3 is 5.32 Å². The van der Waals surface area contributed by atoms with Crippen molar-refractivity contribution >= 4 is 17.6 Å². The number of carbonyl (C=O) groups is 2. The van der Waals surface area contributed by atoms with Crippen LogP contribution in [0.15, 0.2) is 48.8 Å². The molecule has 1 N–H and O–H groups in total. The molecule has 26 heavy (non-hydrogen) atoms. The maximum Gasteiger partial charge on any atom is 0.325 e. The average molecular weight is 347 g/mol. The predicted molar refractivity (Wildman–Crippen MR) is 93.3 cm³/mol. The summed E-state index contributed by atoms with van der Waals surface area (Å²) < 4.78 is 1.65. The molecule has 5 rings (SSSR count). The van der Waals surface area contributed by atoms with E-state index in [2.05, 4.69) is 21.5 Å². The van der Waals surface area contributed by atoms with E-state index in [9.17, 15) is 9.59 Å². The number of fused-ring (bicyclic) bond motifs is 2. The summed E-state index contributed by atoms with van der Waals surface area (Å²) in [4.78, 5) is 31.2. The molecule has 1 fully saturated rings. The molecule has 3 aromatic rings. The van der Waals surface area contributed by atoms with Crippen LogP contribution < -0.4 is 5.32 Å². The molecule has 2 aromatic heterocycles. The molecule has 0 bridgehead atoms. The van der Waals surface area contributed by atoms with Gasteiger partial charge in [-0.05, 0) is 36.1 Å². The molecule has 1 aliphatic carbocycles. The van der Waals surface area contributed by atoms with Crippen molar-refractivity contribution in [2.75, 3.05) is 0 Å². The molecule has 1 aliphatic heterocycles. The molecule has 1 aromatic carbocycles. The fourth-order valence-corrected chi connectivity index (χ4v) is 4.03. The van der Waals surface area contributed by atoms with E-state index in [1.54, 1.807) is 4.52 Å². The number of aromatic nitrogens is 3. The first-order chi connectivity index (χ1) is 12.7. The van der Waals surface area contributed by atoms with Crippen LogP contribution in [0.2, 0.25) is 0 Å². The number of rotatable bonds is 2. The number of aryl methyl sites for hydroxylation is 1. The number of carbonyl (C=O) groups excluding carboxylic acids is 2.